The molecule has 0 aliphatic heterocycles. The summed E-state index contributed by atoms with van der Waals surface area (Å²) >= 11 is 0. The normalized spacial score (nSPS) is 12.0. The second kappa shape index (κ2) is 4.13. The number of hydrazine groups is 1. The lowest BCUT2D eigenvalue weighted by molar-refractivity contribution is 0.364. The van der Waals surface area contributed by atoms with Gasteiger partial charge in [-0.2, -0.15) is 0 Å². The highest BCUT2D eigenvalue weighted by atomic mass is 32.2. The molecule has 0 spiro atoms. The lowest BCUT2D eigenvalue weighted by Gasteiger charge is -2.13. The SMILES string of the molecule is CN(C)NS(=O)(=O)c1ccc(F)cc1N. The molecule has 84 valence electrons. The highest BCUT2D eigenvalue weighted by Crippen LogP contribution is 2.18. The number of nitrogens with one attached hydrogen (secondary N) is 1. The Balaban J connectivity index is 3.16. The Morgan fingerprint density at radius 3 is 2.47 bits per heavy atom. The summed E-state index contributed by atoms with van der Waals surface area (Å²) in [5.41, 5.74) is 5.28. The Hall–Kier alpha value is -1.18. The number of nitrogens with two attached hydrogens (primary N) is 1. The molecular weight excluding hydrogens is 221 g/mol. The number of nitrogens with zero attached hydrogens (tertiary/aromatic N) is 1. The molecule has 0 aliphatic rings. The molecule has 0 unspecified atom stereocenters. The summed E-state index contributed by atoms with van der Waals surface area (Å²) in [7, 11) is -0.673. The quantitative estimate of drug-likeness (QED) is 0.576. The van der Waals surface area contributed by atoms with Crippen LogP contribution in [-0.2, 0) is 10.0 Å². The molecule has 0 saturated heterocycles. The molecule has 1 aromatic rings. The number of hydrogen-bond donors (Lipinski definition) is 2. The van der Waals surface area contributed by atoms with Gasteiger partial charge in [0, 0.05) is 14.1 Å². The van der Waals surface area contributed by atoms with E-state index in [-0.39, 0.29) is 10.6 Å². The van der Waals surface area contributed by atoms with E-state index in [9.17, 15) is 12.8 Å². The Kier molecular flexibility index (Phi) is 3.28. The van der Waals surface area contributed by atoms with Crippen LogP contribution in [0.25, 0.3) is 0 Å². The summed E-state index contributed by atoms with van der Waals surface area (Å²) < 4.78 is 35.9. The fourth-order valence-electron chi connectivity index (χ4n) is 1.05. The molecule has 0 bridgehead atoms. The number of sulfonamides is 1. The molecule has 0 radical (unpaired) electrons. The second-order valence-corrected chi connectivity index (χ2v) is 4.80. The minimum Gasteiger partial charge on any atom is -0.398 e. The van der Waals surface area contributed by atoms with Gasteiger partial charge < -0.3 is 5.73 Å². The molecule has 15 heavy (non-hydrogen) atoms. The summed E-state index contributed by atoms with van der Waals surface area (Å²) in [5.74, 6) is -0.573. The maximum atomic E-state index is 12.7. The van der Waals surface area contributed by atoms with Crippen molar-refractivity contribution >= 4 is 15.7 Å². The number of benzene rings is 1. The van der Waals surface area contributed by atoms with E-state index >= 15 is 0 Å². The van der Waals surface area contributed by atoms with Gasteiger partial charge in [0.25, 0.3) is 10.0 Å². The summed E-state index contributed by atoms with van der Waals surface area (Å²) in [4.78, 5) is 2.06. The van der Waals surface area contributed by atoms with E-state index in [1.54, 1.807) is 0 Å². The molecule has 0 amide bonds. The van der Waals surface area contributed by atoms with Crippen molar-refractivity contribution in [1.82, 2.24) is 9.84 Å². The Morgan fingerprint density at radius 2 is 2.00 bits per heavy atom. The van der Waals surface area contributed by atoms with Crippen molar-refractivity contribution in [2.45, 2.75) is 4.90 Å². The highest BCUT2D eigenvalue weighted by Gasteiger charge is 2.18. The first-order chi connectivity index (χ1) is 6.83. The summed E-state index contributed by atoms with van der Waals surface area (Å²) in [6.07, 6.45) is 0. The monoisotopic (exact) mass is 233 g/mol. The first-order valence-electron chi connectivity index (χ1n) is 4.08. The van der Waals surface area contributed by atoms with Crippen LogP contribution < -0.4 is 10.6 Å². The predicted octanol–water partition coefficient (Wildman–Crippen LogP) is 0.163. The van der Waals surface area contributed by atoms with Gasteiger partial charge in [0.15, 0.2) is 0 Å². The first kappa shape index (κ1) is 11.9. The van der Waals surface area contributed by atoms with Crippen LogP contribution >= 0.6 is 0 Å². The number of hydrogen-bond acceptors (Lipinski definition) is 4. The molecule has 5 nitrogen and oxygen atoms in total. The van der Waals surface area contributed by atoms with Crippen LogP contribution in [0.5, 0.6) is 0 Å². The van der Waals surface area contributed by atoms with Crippen molar-refractivity contribution in [2.24, 2.45) is 0 Å². The number of rotatable bonds is 3. The van der Waals surface area contributed by atoms with Crippen molar-refractivity contribution in [3.8, 4) is 0 Å². The fourth-order valence-corrected chi connectivity index (χ4v) is 2.25. The maximum Gasteiger partial charge on any atom is 0.255 e. The van der Waals surface area contributed by atoms with Crippen LogP contribution in [0.4, 0.5) is 10.1 Å². The topological polar surface area (TPSA) is 75.4 Å². The van der Waals surface area contributed by atoms with Gasteiger partial charge in [-0.3, -0.25) is 0 Å². The van der Waals surface area contributed by atoms with Gasteiger partial charge in [-0.15, -0.1) is 4.83 Å². The minimum absolute atomic E-state index is 0.121. The van der Waals surface area contributed by atoms with E-state index in [4.69, 9.17) is 5.73 Å². The first-order valence-corrected chi connectivity index (χ1v) is 5.56. The summed E-state index contributed by atoms with van der Waals surface area (Å²) in [6, 6.07) is 3.13. The predicted molar refractivity (Wildman–Crippen MR) is 54.8 cm³/mol. The van der Waals surface area contributed by atoms with Crippen molar-refractivity contribution in [3.05, 3.63) is 24.0 Å². The van der Waals surface area contributed by atoms with Crippen LogP contribution in [0.1, 0.15) is 0 Å². The molecule has 0 aromatic heterocycles. The molecule has 3 N–H and O–H groups in total. The lowest BCUT2D eigenvalue weighted by atomic mass is 10.3. The van der Waals surface area contributed by atoms with Crippen molar-refractivity contribution in [1.29, 1.82) is 0 Å². The zero-order valence-electron chi connectivity index (χ0n) is 8.36. The second-order valence-electron chi connectivity index (χ2n) is 3.17. The van der Waals surface area contributed by atoms with Gasteiger partial charge in [-0.1, -0.05) is 0 Å². The van der Waals surface area contributed by atoms with Gasteiger partial charge in [0.05, 0.1) is 5.69 Å². The highest BCUT2D eigenvalue weighted by molar-refractivity contribution is 7.89. The van der Waals surface area contributed by atoms with Crippen molar-refractivity contribution in [2.75, 3.05) is 19.8 Å². The Labute approximate surface area is 87.7 Å². The average molecular weight is 233 g/mol. The smallest absolute Gasteiger partial charge is 0.255 e. The molecular formula is C8H12FN3O2S. The van der Waals surface area contributed by atoms with Gasteiger partial charge in [-0.25, -0.2) is 17.8 Å². The van der Waals surface area contributed by atoms with Crippen molar-refractivity contribution in [3.63, 3.8) is 0 Å². The molecule has 0 aliphatic carbocycles. The minimum atomic E-state index is -3.72. The van der Waals surface area contributed by atoms with Crippen LogP contribution in [0, 0.1) is 5.82 Å². The van der Waals surface area contributed by atoms with Crippen LogP contribution in [0.15, 0.2) is 23.1 Å². The average Bonchev–Trinajstić information content (AvgIpc) is 1.99. The van der Waals surface area contributed by atoms with Crippen molar-refractivity contribution < 1.29 is 12.8 Å². The van der Waals surface area contributed by atoms with E-state index in [0.29, 0.717) is 0 Å². The van der Waals surface area contributed by atoms with E-state index in [0.717, 1.165) is 18.2 Å². The molecule has 0 atom stereocenters. The Morgan fingerprint density at radius 1 is 1.40 bits per heavy atom. The van der Waals surface area contributed by atoms with Crippen LogP contribution in [0.2, 0.25) is 0 Å². The van der Waals surface area contributed by atoms with Crippen LogP contribution in [-0.4, -0.2) is 27.5 Å². The third-order valence-corrected chi connectivity index (χ3v) is 3.12. The molecule has 1 aromatic carbocycles. The molecule has 0 fully saturated rings. The van der Waals surface area contributed by atoms with Gasteiger partial charge >= 0.3 is 0 Å². The molecule has 0 heterocycles. The molecule has 1 rings (SSSR count). The summed E-state index contributed by atoms with van der Waals surface area (Å²) in [5, 5.41) is 1.26. The van der Waals surface area contributed by atoms with E-state index in [1.807, 2.05) is 0 Å². The van der Waals surface area contributed by atoms with Crippen LogP contribution in [0.3, 0.4) is 0 Å². The van der Waals surface area contributed by atoms with Gasteiger partial charge in [0.1, 0.15) is 10.7 Å². The fraction of sp³-hybridized carbons (Fsp3) is 0.250. The maximum absolute atomic E-state index is 12.7. The van der Waals surface area contributed by atoms with E-state index < -0.39 is 15.8 Å². The summed E-state index contributed by atoms with van der Waals surface area (Å²) in [6.45, 7) is 0. The molecule has 7 heteroatoms. The Bertz CT molecular complexity index is 459. The zero-order chi connectivity index (χ0) is 11.6. The standard InChI is InChI=1S/C8H12FN3O2S/c1-12(2)11-15(13,14)8-4-3-6(9)5-7(8)10/h3-5,11H,10H2,1-2H3. The lowest BCUT2D eigenvalue weighted by Crippen LogP contribution is -2.36. The van der Waals surface area contributed by atoms with E-state index in [1.165, 1.54) is 19.1 Å². The third-order valence-electron chi connectivity index (χ3n) is 1.56. The number of anilines is 1. The largest absolute Gasteiger partial charge is 0.398 e. The van der Waals surface area contributed by atoms with Gasteiger partial charge in [-0.05, 0) is 18.2 Å². The number of halogens is 1. The molecule has 0 saturated carbocycles. The third kappa shape index (κ3) is 2.88. The van der Waals surface area contributed by atoms with E-state index in [2.05, 4.69) is 4.83 Å². The van der Waals surface area contributed by atoms with Gasteiger partial charge in [0.2, 0.25) is 0 Å². The zero-order valence-corrected chi connectivity index (χ0v) is 9.18. The number of nitrogen functional groups attached to an aromatic ring is 1.